The van der Waals surface area contributed by atoms with Crippen LogP contribution in [-0.4, -0.2) is 41.1 Å². The second-order valence-electron chi connectivity index (χ2n) is 5.59. The molecule has 0 aromatic heterocycles. The molecule has 2 fully saturated rings. The highest BCUT2D eigenvalue weighted by atomic mass is 16.5. The van der Waals surface area contributed by atoms with E-state index in [0.29, 0.717) is 11.3 Å². The van der Waals surface area contributed by atoms with Crippen molar-refractivity contribution in [1.29, 1.82) is 0 Å². The number of nitrogens with zero attached hydrogens (tertiary/aromatic N) is 1. The number of methoxy groups -OCH3 is 1. The zero-order chi connectivity index (χ0) is 15.0. The van der Waals surface area contributed by atoms with Gasteiger partial charge in [0.05, 0.1) is 7.11 Å². The summed E-state index contributed by atoms with van der Waals surface area (Å²) in [6.07, 6.45) is 2.68. The van der Waals surface area contributed by atoms with Crippen LogP contribution in [0.5, 0.6) is 5.75 Å². The molecule has 3 unspecified atom stereocenters. The molecule has 6 heteroatoms. The normalized spacial score (nSPS) is 26.8. The fourth-order valence-corrected chi connectivity index (χ4v) is 3.57. The van der Waals surface area contributed by atoms with Gasteiger partial charge in [0.2, 0.25) is 0 Å². The molecule has 0 radical (unpaired) electrons. The Morgan fingerprint density at radius 1 is 1.29 bits per heavy atom. The Kier molecular flexibility index (Phi) is 3.55. The number of hydroxylamine groups is 1. The minimum atomic E-state index is -0.566. The molecule has 112 valence electrons. The van der Waals surface area contributed by atoms with Crippen LogP contribution in [0, 0.1) is 5.92 Å². The molecule has 1 aliphatic carbocycles. The van der Waals surface area contributed by atoms with E-state index in [1.165, 1.54) is 0 Å². The van der Waals surface area contributed by atoms with E-state index in [0.717, 1.165) is 19.3 Å². The molecule has 2 bridgehead atoms. The number of amides is 2. The van der Waals surface area contributed by atoms with Crippen LogP contribution in [0.15, 0.2) is 24.3 Å². The van der Waals surface area contributed by atoms with Crippen LogP contribution in [-0.2, 0) is 4.79 Å². The Balaban J connectivity index is 1.86. The standard InChI is InChI=1S/C15H18N2O4/c1-21-12-6-3-9(4-7-12)15(19)17-11-5-2-10(8-11)13(17)14(18)16-20/h3-4,6-7,10-11,13,20H,2,5,8H2,1H3,(H,16,18). The Bertz CT molecular complexity index is 557. The number of rotatable bonds is 3. The van der Waals surface area contributed by atoms with Crippen LogP contribution in [0.4, 0.5) is 0 Å². The van der Waals surface area contributed by atoms with Gasteiger partial charge in [0, 0.05) is 11.6 Å². The maximum atomic E-state index is 12.7. The van der Waals surface area contributed by atoms with Crippen molar-refractivity contribution >= 4 is 11.8 Å². The summed E-state index contributed by atoms with van der Waals surface area (Å²) in [5, 5.41) is 8.91. The van der Waals surface area contributed by atoms with Crippen molar-refractivity contribution in [3.05, 3.63) is 29.8 Å². The lowest BCUT2D eigenvalue weighted by atomic mass is 9.97. The highest BCUT2D eigenvalue weighted by molar-refractivity contribution is 5.98. The fourth-order valence-electron chi connectivity index (χ4n) is 3.57. The van der Waals surface area contributed by atoms with Gasteiger partial charge < -0.3 is 9.64 Å². The minimum Gasteiger partial charge on any atom is -0.497 e. The first-order chi connectivity index (χ1) is 10.2. The summed E-state index contributed by atoms with van der Waals surface area (Å²) in [7, 11) is 1.57. The summed E-state index contributed by atoms with van der Waals surface area (Å²) < 4.78 is 5.08. The first kappa shape index (κ1) is 13.9. The van der Waals surface area contributed by atoms with Crippen molar-refractivity contribution in [3.63, 3.8) is 0 Å². The van der Waals surface area contributed by atoms with E-state index < -0.39 is 11.9 Å². The van der Waals surface area contributed by atoms with E-state index in [1.54, 1.807) is 41.8 Å². The molecule has 3 rings (SSSR count). The van der Waals surface area contributed by atoms with Crippen molar-refractivity contribution in [2.75, 3.05) is 7.11 Å². The second-order valence-corrected chi connectivity index (χ2v) is 5.59. The first-order valence-corrected chi connectivity index (χ1v) is 7.06. The summed E-state index contributed by atoms with van der Waals surface area (Å²) in [6.45, 7) is 0. The van der Waals surface area contributed by atoms with Gasteiger partial charge in [-0.1, -0.05) is 0 Å². The number of carbonyl (C=O) groups excluding carboxylic acids is 2. The molecular formula is C15H18N2O4. The molecule has 3 atom stereocenters. The molecule has 2 amide bonds. The van der Waals surface area contributed by atoms with E-state index in [4.69, 9.17) is 9.94 Å². The van der Waals surface area contributed by atoms with Crippen molar-refractivity contribution in [1.82, 2.24) is 10.4 Å². The number of fused-ring (bicyclic) bond motifs is 2. The highest BCUT2D eigenvalue weighted by Crippen LogP contribution is 2.43. The molecule has 1 heterocycles. The fraction of sp³-hybridized carbons (Fsp3) is 0.467. The van der Waals surface area contributed by atoms with Gasteiger partial charge >= 0.3 is 0 Å². The average molecular weight is 290 g/mol. The number of ether oxygens (including phenoxy) is 1. The summed E-state index contributed by atoms with van der Waals surface area (Å²) in [5.41, 5.74) is 2.22. The number of piperidine rings is 1. The van der Waals surface area contributed by atoms with Gasteiger partial charge in [0.15, 0.2) is 0 Å². The number of nitrogens with one attached hydrogen (secondary N) is 1. The van der Waals surface area contributed by atoms with Gasteiger partial charge in [0.25, 0.3) is 11.8 Å². The van der Waals surface area contributed by atoms with Gasteiger partial charge in [-0.15, -0.1) is 0 Å². The lowest BCUT2D eigenvalue weighted by Gasteiger charge is -2.33. The number of carbonyl (C=O) groups is 2. The molecular weight excluding hydrogens is 272 g/mol. The molecule has 1 aliphatic heterocycles. The molecule has 1 aromatic rings. The third-order valence-corrected chi connectivity index (χ3v) is 4.54. The summed E-state index contributed by atoms with van der Waals surface area (Å²) in [6, 6.07) is 6.36. The van der Waals surface area contributed by atoms with Gasteiger partial charge in [-0.05, 0) is 49.4 Å². The number of likely N-dealkylation sites (tertiary alicyclic amines) is 1. The molecule has 2 N–H and O–H groups in total. The van der Waals surface area contributed by atoms with Crippen molar-refractivity contribution in [3.8, 4) is 5.75 Å². The van der Waals surface area contributed by atoms with E-state index >= 15 is 0 Å². The number of hydrogen-bond donors (Lipinski definition) is 2. The van der Waals surface area contributed by atoms with Gasteiger partial charge in [0.1, 0.15) is 11.8 Å². The Morgan fingerprint density at radius 2 is 2.00 bits per heavy atom. The van der Waals surface area contributed by atoms with E-state index in [1.807, 2.05) is 0 Å². The number of benzene rings is 1. The molecule has 0 spiro atoms. The van der Waals surface area contributed by atoms with Crippen LogP contribution in [0.25, 0.3) is 0 Å². The van der Waals surface area contributed by atoms with Gasteiger partial charge in [-0.25, -0.2) is 5.48 Å². The van der Waals surface area contributed by atoms with Crippen LogP contribution in [0.3, 0.4) is 0 Å². The van der Waals surface area contributed by atoms with Crippen molar-refractivity contribution in [2.24, 2.45) is 5.92 Å². The molecule has 1 saturated carbocycles. The van der Waals surface area contributed by atoms with E-state index in [2.05, 4.69) is 0 Å². The molecule has 21 heavy (non-hydrogen) atoms. The predicted octanol–water partition coefficient (Wildman–Crippen LogP) is 1.19. The van der Waals surface area contributed by atoms with Crippen LogP contribution in [0.1, 0.15) is 29.6 Å². The van der Waals surface area contributed by atoms with Crippen LogP contribution in [0.2, 0.25) is 0 Å². The summed E-state index contributed by atoms with van der Waals surface area (Å²) in [5.74, 6) is 0.158. The largest absolute Gasteiger partial charge is 0.497 e. The highest BCUT2D eigenvalue weighted by Gasteiger charge is 2.51. The van der Waals surface area contributed by atoms with Crippen molar-refractivity contribution < 1.29 is 19.5 Å². The van der Waals surface area contributed by atoms with E-state index in [-0.39, 0.29) is 17.9 Å². The van der Waals surface area contributed by atoms with Gasteiger partial charge in [-0.2, -0.15) is 0 Å². The Morgan fingerprint density at radius 3 is 2.62 bits per heavy atom. The van der Waals surface area contributed by atoms with E-state index in [9.17, 15) is 9.59 Å². The molecule has 1 aromatic carbocycles. The summed E-state index contributed by atoms with van der Waals surface area (Å²) >= 11 is 0. The maximum Gasteiger partial charge on any atom is 0.266 e. The zero-order valence-corrected chi connectivity index (χ0v) is 11.8. The smallest absolute Gasteiger partial charge is 0.266 e. The van der Waals surface area contributed by atoms with Crippen LogP contribution < -0.4 is 10.2 Å². The first-order valence-electron chi connectivity index (χ1n) is 7.06. The maximum absolute atomic E-state index is 12.7. The molecule has 6 nitrogen and oxygen atoms in total. The Hall–Kier alpha value is -2.08. The SMILES string of the molecule is COc1ccc(C(=O)N2C3CCC(C3)C2C(=O)NO)cc1. The Labute approximate surface area is 122 Å². The molecule has 1 saturated heterocycles. The lowest BCUT2D eigenvalue weighted by molar-refractivity contribution is -0.135. The zero-order valence-electron chi connectivity index (χ0n) is 11.8. The second kappa shape index (κ2) is 5.37. The third-order valence-electron chi connectivity index (χ3n) is 4.54. The molecule has 2 aliphatic rings. The third kappa shape index (κ3) is 2.25. The monoisotopic (exact) mass is 290 g/mol. The van der Waals surface area contributed by atoms with Crippen molar-refractivity contribution in [2.45, 2.75) is 31.3 Å². The topological polar surface area (TPSA) is 78.9 Å². The minimum absolute atomic E-state index is 0.0897. The predicted molar refractivity (Wildman–Crippen MR) is 74.0 cm³/mol. The quantitative estimate of drug-likeness (QED) is 0.647. The van der Waals surface area contributed by atoms with Crippen LogP contribution >= 0.6 is 0 Å². The average Bonchev–Trinajstić information content (AvgIpc) is 3.14. The summed E-state index contributed by atoms with van der Waals surface area (Å²) in [4.78, 5) is 26.2. The van der Waals surface area contributed by atoms with Gasteiger partial charge in [-0.3, -0.25) is 14.8 Å². The lowest BCUT2D eigenvalue weighted by Crippen LogP contribution is -2.52. The number of hydrogen-bond acceptors (Lipinski definition) is 4.